The van der Waals surface area contributed by atoms with Crippen molar-refractivity contribution < 1.29 is 14.4 Å². The van der Waals surface area contributed by atoms with Gasteiger partial charge in [0.2, 0.25) is 5.91 Å². The quantitative estimate of drug-likeness (QED) is 0.556. The van der Waals surface area contributed by atoms with E-state index in [0.717, 1.165) is 35.3 Å². The van der Waals surface area contributed by atoms with Crippen molar-refractivity contribution in [2.24, 2.45) is 0 Å². The molecule has 0 aromatic heterocycles. The molecule has 0 bridgehead atoms. The van der Waals surface area contributed by atoms with Crippen molar-refractivity contribution in [1.82, 2.24) is 15.5 Å². The highest BCUT2D eigenvalue weighted by Crippen LogP contribution is 2.33. The van der Waals surface area contributed by atoms with Gasteiger partial charge in [0.05, 0.1) is 6.04 Å². The number of hydrogen-bond donors (Lipinski definition) is 2. The average molecular weight is 454 g/mol. The van der Waals surface area contributed by atoms with Crippen LogP contribution in [-0.2, 0) is 28.0 Å². The molecule has 6 nitrogen and oxygen atoms in total. The number of urea groups is 1. The van der Waals surface area contributed by atoms with E-state index in [9.17, 15) is 14.4 Å². The minimum absolute atomic E-state index is 0.110. The van der Waals surface area contributed by atoms with Crippen LogP contribution < -0.4 is 10.6 Å². The Balaban J connectivity index is 1.38. The lowest BCUT2D eigenvalue weighted by Gasteiger charge is -2.28. The maximum absolute atomic E-state index is 13.7. The van der Waals surface area contributed by atoms with E-state index in [1.807, 2.05) is 78.9 Å². The SMILES string of the molecule is O=C(CN1C(=O)N[C@@](Cc2ccccc2)(c2ccccc2)C1=O)N[C@@H]1CCCc2ccccc21. The summed E-state index contributed by atoms with van der Waals surface area (Å²) in [5, 5.41) is 5.96. The van der Waals surface area contributed by atoms with Crippen LogP contribution in [0.1, 0.15) is 41.1 Å². The molecule has 3 aromatic rings. The Morgan fingerprint density at radius 2 is 1.62 bits per heavy atom. The summed E-state index contributed by atoms with van der Waals surface area (Å²) in [6.45, 7) is -0.313. The normalized spacial score (nSPS) is 21.6. The number of hydrogen-bond acceptors (Lipinski definition) is 3. The number of nitrogens with one attached hydrogen (secondary N) is 2. The molecule has 6 heteroatoms. The van der Waals surface area contributed by atoms with Crippen molar-refractivity contribution in [2.45, 2.75) is 37.3 Å². The third kappa shape index (κ3) is 4.07. The van der Waals surface area contributed by atoms with Crippen LogP contribution in [0.15, 0.2) is 84.9 Å². The fourth-order valence-electron chi connectivity index (χ4n) is 5.10. The second-order valence-electron chi connectivity index (χ2n) is 8.97. The average Bonchev–Trinajstić information content (AvgIpc) is 3.10. The van der Waals surface area contributed by atoms with Crippen molar-refractivity contribution in [3.05, 3.63) is 107 Å². The zero-order valence-corrected chi connectivity index (χ0v) is 18.9. The summed E-state index contributed by atoms with van der Waals surface area (Å²) in [7, 11) is 0. The van der Waals surface area contributed by atoms with E-state index in [1.165, 1.54) is 5.56 Å². The van der Waals surface area contributed by atoms with Gasteiger partial charge in [-0.3, -0.25) is 14.5 Å². The maximum atomic E-state index is 13.7. The number of carbonyl (C=O) groups is 3. The number of rotatable bonds is 6. The van der Waals surface area contributed by atoms with Gasteiger partial charge in [-0.15, -0.1) is 0 Å². The molecule has 172 valence electrons. The van der Waals surface area contributed by atoms with Crippen molar-refractivity contribution in [3.63, 3.8) is 0 Å². The Morgan fingerprint density at radius 3 is 2.38 bits per heavy atom. The molecule has 34 heavy (non-hydrogen) atoms. The molecule has 0 spiro atoms. The third-order valence-electron chi connectivity index (χ3n) is 6.76. The molecule has 3 aromatic carbocycles. The van der Waals surface area contributed by atoms with Crippen LogP contribution >= 0.6 is 0 Å². The van der Waals surface area contributed by atoms with Crippen LogP contribution in [-0.4, -0.2) is 29.3 Å². The Hall–Kier alpha value is -3.93. The van der Waals surface area contributed by atoms with E-state index in [-0.39, 0.29) is 18.5 Å². The van der Waals surface area contributed by atoms with Gasteiger partial charge in [0.15, 0.2) is 5.54 Å². The molecular weight excluding hydrogens is 426 g/mol. The zero-order valence-electron chi connectivity index (χ0n) is 18.9. The first-order valence-corrected chi connectivity index (χ1v) is 11.7. The number of fused-ring (bicyclic) bond motifs is 1. The largest absolute Gasteiger partial charge is 0.348 e. The standard InChI is InChI=1S/C28H27N3O3/c32-25(29-24-17-9-13-21-12-7-8-16-23(21)24)19-31-26(33)28(30-27(31)34,22-14-5-2-6-15-22)18-20-10-3-1-4-11-20/h1-8,10-12,14-16,24H,9,13,17-19H2,(H,29,32)(H,30,34)/t24-,28+/m1/s1. The molecule has 1 saturated heterocycles. The second-order valence-corrected chi connectivity index (χ2v) is 8.97. The van der Waals surface area contributed by atoms with E-state index in [0.29, 0.717) is 12.0 Å². The number of imide groups is 1. The lowest BCUT2D eigenvalue weighted by Crippen LogP contribution is -2.47. The first-order valence-electron chi connectivity index (χ1n) is 11.7. The predicted molar refractivity (Wildman–Crippen MR) is 129 cm³/mol. The molecule has 2 N–H and O–H groups in total. The van der Waals surface area contributed by atoms with Gasteiger partial charge >= 0.3 is 6.03 Å². The Labute approximate surface area is 199 Å². The van der Waals surface area contributed by atoms with Crippen LogP contribution in [0.5, 0.6) is 0 Å². The predicted octanol–water partition coefficient (Wildman–Crippen LogP) is 3.87. The summed E-state index contributed by atoms with van der Waals surface area (Å²) < 4.78 is 0. The van der Waals surface area contributed by atoms with Gasteiger partial charge in [0.25, 0.3) is 5.91 Å². The van der Waals surface area contributed by atoms with Crippen LogP contribution in [0.2, 0.25) is 0 Å². The molecule has 2 aliphatic rings. The minimum Gasteiger partial charge on any atom is -0.348 e. The monoisotopic (exact) mass is 453 g/mol. The number of nitrogens with zero attached hydrogens (tertiary/aromatic N) is 1. The molecule has 0 radical (unpaired) electrons. The molecular formula is C28H27N3O3. The second kappa shape index (κ2) is 9.14. The van der Waals surface area contributed by atoms with E-state index < -0.39 is 17.5 Å². The van der Waals surface area contributed by atoms with Crippen LogP contribution in [0.3, 0.4) is 0 Å². The van der Waals surface area contributed by atoms with Gasteiger partial charge < -0.3 is 10.6 Å². The van der Waals surface area contributed by atoms with Crippen LogP contribution in [0.25, 0.3) is 0 Å². The van der Waals surface area contributed by atoms with Crippen molar-refractivity contribution in [3.8, 4) is 0 Å². The maximum Gasteiger partial charge on any atom is 0.325 e. The summed E-state index contributed by atoms with van der Waals surface area (Å²) in [6, 6.07) is 26.3. The van der Waals surface area contributed by atoms with E-state index >= 15 is 0 Å². The minimum atomic E-state index is -1.25. The van der Waals surface area contributed by atoms with Gasteiger partial charge in [-0.25, -0.2) is 4.79 Å². The molecule has 1 heterocycles. The van der Waals surface area contributed by atoms with Crippen molar-refractivity contribution >= 4 is 17.8 Å². The molecule has 0 unspecified atom stereocenters. The zero-order chi connectivity index (χ0) is 23.5. The summed E-state index contributed by atoms with van der Waals surface area (Å²) in [5.41, 5.74) is 2.71. The number of carbonyl (C=O) groups excluding carboxylic acids is 3. The number of benzene rings is 3. The Morgan fingerprint density at radius 1 is 0.941 bits per heavy atom. The Kier molecular flexibility index (Phi) is 5.88. The first-order chi connectivity index (χ1) is 16.6. The van der Waals surface area contributed by atoms with Gasteiger partial charge in [-0.2, -0.15) is 0 Å². The smallest absolute Gasteiger partial charge is 0.325 e. The molecule has 5 rings (SSSR count). The van der Waals surface area contributed by atoms with Crippen LogP contribution in [0, 0.1) is 0 Å². The van der Waals surface area contributed by atoms with E-state index in [4.69, 9.17) is 0 Å². The highest BCUT2D eigenvalue weighted by Gasteiger charge is 2.52. The van der Waals surface area contributed by atoms with Gasteiger partial charge in [0, 0.05) is 6.42 Å². The highest BCUT2D eigenvalue weighted by molar-refractivity contribution is 6.09. The summed E-state index contributed by atoms with van der Waals surface area (Å²) in [5.74, 6) is -0.750. The molecule has 0 saturated carbocycles. The summed E-state index contributed by atoms with van der Waals surface area (Å²) >= 11 is 0. The Bertz CT molecular complexity index is 1210. The first kappa shape index (κ1) is 21.9. The topological polar surface area (TPSA) is 78.5 Å². The van der Waals surface area contributed by atoms with Gasteiger partial charge in [-0.05, 0) is 41.5 Å². The lowest BCUT2D eigenvalue weighted by molar-refractivity contribution is -0.135. The number of aryl methyl sites for hydroxylation is 1. The summed E-state index contributed by atoms with van der Waals surface area (Å²) in [4.78, 5) is 40.8. The van der Waals surface area contributed by atoms with Gasteiger partial charge in [-0.1, -0.05) is 84.9 Å². The lowest BCUT2D eigenvalue weighted by atomic mass is 9.83. The number of amides is 4. The summed E-state index contributed by atoms with van der Waals surface area (Å²) in [6.07, 6.45) is 3.12. The van der Waals surface area contributed by atoms with Crippen molar-refractivity contribution in [1.29, 1.82) is 0 Å². The molecule has 1 fully saturated rings. The molecule has 1 aliphatic heterocycles. The van der Waals surface area contributed by atoms with Crippen molar-refractivity contribution in [2.75, 3.05) is 6.54 Å². The van der Waals surface area contributed by atoms with E-state index in [1.54, 1.807) is 0 Å². The molecule has 1 aliphatic carbocycles. The molecule has 2 atom stereocenters. The molecule has 4 amide bonds. The third-order valence-corrected chi connectivity index (χ3v) is 6.76. The highest BCUT2D eigenvalue weighted by atomic mass is 16.2. The fraction of sp³-hybridized carbons (Fsp3) is 0.250. The van der Waals surface area contributed by atoms with Crippen LogP contribution in [0.4, 0.5) is 4.79 Å². The fourth-order valence-corrected chi connectivity index (χ4v) is 5.10. The van der Waals surface area contributed by atoms with Gasteiger partial charge in [0.1, 0.15) is 6.54 Å². The van der Waals surface area contributed by atoms with E-state index in [2.05, 4.69) is 16.7 Å².